The molecule has 0 radical (unpaired) electrons. The maximum atomic E-state index is 9.39. The van der Waals surface area contributed by atoms with Gasteiger partial charge in [-0.2, -0.15) is 0 Å². The summed E-state index contributed by atoms with van der Waals surface area (Å²) in [6.45, 7) is 7.65. The Kier molecular flexibility index (Phi) is 3.50. The lowest BCUT2D eigenvalue weighted by atomic mass is 10.2. The second-order valence-electron chi connectivity index (χ2n) is 3.49. The molecule has 2 unspecified atom stereocenters. The smallest absolute Gasteiger partial charge is 0.108 e. The van der Waals surface area contributed by atoms with Crippen molar-refractivity contribution in [3.63, 3.8) is 0 Å². The Morgan fingerprint density at radius 2 is 2.33 bits per heavy atom. The summed E-state index contributed by atoms with van der Waals surface area (Å²) < 4.78 is 5.46. The Balaban J connectivity index is 2.40. The van der Waals surface area contributed by atoms with Gasteiger partial charge in [-0.3, -0.25) is 4.90 Å². The Morgan fingerprint density at radius 1 is 1.67 bits per heavy atom. The maximum Gasteiger partial charge on any atom is 0.108 e. The van der Waals surface area contributed by atoms with Crippen molar-refractivity contribution < 1.29 is 9.84 Å². The van der Waals surface area contributed by atoms with Crippen LogP contribution in [0.15, 0.2) is 0 Å². The van der Waals surface area contributed by atoms with E-state index in [9.17, 15) is 5.11 Å². The van der Waals surface area contributed by atoms with Gasteiger partial charge in [0, 0.05) is 19.2 Å². The van der Waals surface area contributed by atoms with Gasteiger partial charge in [0.2, 0.25) is 0 Å². The SMILES string of the molecule is CCOC(C)N1C[C@H](O)CC1C. The number of aliphatic hydroxyl groups excluding tert-OH is 1. The van der Waals surface area contributed by atoms with E-state index in [0.717, 1.165) is 19.6 Å². The van der Waals surface area contributed by atoms with Crippen molar-refractivity contribution in [2.75, 3.05) is 13.2 Å². The standard InChI is InChI=1S/C9H19NO2/c1-4-12-8(3)10-6-9(11)5-7(10)2/h7-9,11H,4-6H2,1-3H3/t7?,8?,9-/m1/s1. The molecule has 0 aromatic rings. The van der Waals surface area contributed by atoms with Crippen LogP contribution < -0.4 is 0 Å². The number of β-amino-alcohol motifs (C(OH)–C–C–N with tert-alkyl or cyclic N) is 1. The van der Waals surface area contributed by atoms with Crippen molar-refractivity contribution in [2.24, 2.45) is 0 Å². The van der Waals surface area contributed by atoms with E-state index in [2.05, 4.69) is 11.8 Å². The summed E-state index contributed by atoms with van der Waals surface area (Å²) >= 11 is 0. The van der Waals surface area contributed by atoms with E-state index >= 15 is 0 Å². The summed E-state index contributed by atoms with van der Waals surface area (Å²) in [4.78, 5) is 2.20. The first-order valence-electron chi connectivity index (χ1n) is 4.70. The predicted octanol–water partition coefficient (Wildman–Crippen LogP) is 0.824. The minimum Gasteiger partial charge on any atom is -0.392 e. The van der Waals surface area contributed by atoms with Crippen LogP contribution >= 0.6 is 0 Å². The highest BCUT2D eigenvalue weighted by molar-refractivity contribution is 4.82. The van der Waals surface area contributed by atoms with Crippen LogP contribution in [0.1, 0.15) is 27.2 Å². The van der Waals surface area contributed by atoms with Gasteiger partial charge < -0.3 is 9.84 Å². The molecule has 0 spiro atoms. The summed E-state index contributed by atoms with van der Waals surface area (Å²) in [5, 5.41) is 9.39. The summed E-state index contributed by atoms with van der Waals surface area (Å²) in [6, 6.07) is 0.446. The van der Waals surface area contributed by atoms with Crippen molar-refractivity contribution in [3.05, 3.63) is 0 Å². The molecule has 1 N–H and O–H groups in total. The average molecular weight is 173 g/mol. The van der Waals surface area contributed by atoms with Gasteiger partial charge in [0.05, 0.1) is 6.10 Å². The summed E-state index contributed by atoms with van der Waals surface area (Å²) in [6.07, 6.45) is 0.849. The van der Waals surface area contributed by atoms with E-state index in [-0.39, 0.29) is 12.3 Å². The molecule has 0 amide bonds. The lowest BCUT2D eigenvalue weighted by molar-refractivity contribution is -0.0488. The average Bonchev–Trinajstić information content (AvgIpc) is 2.30. The highest BCUT2D eigenvalue weighted by Gasteiger charge is 2.30. The van der Waals surface area contributed by atoms with Crippen LogP contribution in [0.25, 0.3) is 0 Å². The quantitative estimate of drug-likeness (QED) is 0.686. The van der Waals surface area contributed by atoms with Crippen molar-refractivity contribution in [2.45, 2.75) is 45.6 Å². The molecule has 0 aliphatic carbocycles. The Morgan fingerprint density at radius 3 is 2.75 bits per heavy atom. The van der Waals surface area contributed by atoms with Crippen LogP contribution in [0, 0.1) is 0 Å². The van der Waals surface area contributed by atoms with Crippen LogP contribution in [0.4, 0.5) is 0 Å². The molecular formula is C9H19NO2. The van der Waals surface area contributed by atoms with Crippen LogP contribution in [0.3, 0.4) is 0 Å². The van der Waals surface area contributed by atoms with E-state index < -0.39 is 0 Å². The van der Waals surface area contributed by atoms with E-state index in [1.54, 1.807) is 0 Å². The van der Waals surface area contributed by atoms with Gasteiger partial charge in [-0.1, -0.05) is 0 Å². The molecule has 3 heteroatoms. The zero-order valence-corrected chi connectivity index (χ0v) is 8.16. The number of ether oxygens (including phenoxy) is 1. The zero-order chi connectivity index (χ0) is 9.14. The van der Waals surface area contributed by atoms with Crippen LogP contribution in [0.5, 0.6) is 0 Å². The molecule has 0 saturated carbocycles. The first-order chi connectivity index (χ1) is 5.65. The number of likely N-dealkylation sites (tertiary alicyclic amines) is 1. The molecule has 0 aromatic heterocycles. The molecule has 1 aliphatic heterocycles. The fourth-order valence-corrected chi connectivity index (χ4v) is 1.87. The normalized spacial score (nSPS) is 34.0. The topological polar surface area (TPSA) is 32.7 Å². The van der Waals surface area contributed by atoms with Crippen LogP contribution in [-0.2, 0) is 4.74 Å². The van der Waals surface area contributed by atoms with E-state index in [4.69, 9.17) is 4.74 Å². The molecule has 1 saturated heterocycles. The highest BCUT2D eigenvalue weighted by atomic mass is 16.5. The number of aliphatic hydroxyl groups is 1. The molecule has 0 bridgehead atoms. The molecule has 3 nitrogen and oxygen atoms in total. The van der Waals surface area contributed by atoms with Crippen molar-refractivity contribution >= 4 is 0 Å². The van der Waals surface area contributed by atoms with Gasteiger partial charge >= 0.3 is 0 Å². The second kappa shape index (κ2) is 4.21. The Bertz CT molecular complexity index is 140. The van der Waals surface area contributed by atoms with Crippen molar-refractivity contribution in [1.82, 2.24) is 4.90 Å². The molecule has 1 heterocycles. The molecule has 3 atom stereocenters. The number of nitrogens with zero attached hydrogens (tertiary/aromatic N) is 1. The zero-order valence-electron chi connectivity index (χ0n) is 8.16. The van der Waals surface area contributed by atoms with Crippen molar-refractivity contribution in [3.8, 4) is 0 Å². The monoisotopic (exact) mass is 173 g/mol. The van der Waals surface area contributed by atoms with Crippen LogP contribution in [-0.4, -0.2) is 41.5 Å². The third-order valence-corrected chi connectivity index (χ3v) is 2.48. The Labute approximate surface area is 74.3 Å². The van der Waals surface area contributed by atoms with E-state index in [1.165, 1.54) is 0 Å². The van der Waals surface area contributed by atoms with Gasteiger partial charge in [-0.25, -0.2) is 0 Å². The highest BCUT2D eigenvalue weighted by Crippen LogP contribution is 2.20. The molecule has 1 rings (SSSR count). The first-order valence-corrected chi connectivity index (χ1v) is 4.70. The van der Waals surface area contributed by atoms with Gasteiger partial charge in [-0.05, 0) is 27.2 Å². The van der Waals surface area contributed by atoms with Gasteiger partial charge in [0.25, 0.3) is 0 Å². The summed E-state index contributed by atoms with van der Waals surface area (Å²) in [5.74, 6) is 0. The number of rotatable bonds is 3. The third-order valence-electron chi connectivity index (χ3n) is 2.48. The minimum atomic E-state index is -0.164. The van der Waals surface area contributed by atoms with Gasteiger partial charge in [0.15, 0.2) is 0 Å². The van der Waals surface area contributed by atoms with Gasteiger partial charge in [-0.15, -0.1) is 0 Å². The van der Waals surface area contributed by atoms with Gasteiger partial charge in [0.1, 0.15) is 6.23 Å². The lowest BCUT2D eigenvalue weighted by Crippen LogP contribution is -2.38. The third kappa shape index (κ3) is 2.19. The molecule has 1 fully saturated rings. The largest absolute Gasteiger partial charge is 0.392 e. The maximum absolute atomic E-state index is 9.39. The lowest BCUT2D eigenvalue weighted by Gasteiger charge is -2.27. The molecule has 1 aliphatic rings. The molecule has 72 valence electrons. The number of hydrogen-bond acceptors (Lipinski definition) is 3. The molecule has 12 heavy (non-hydrogen) atoms. The van der Waals surface area contributed by atoms with E-state index in [0.29, 0.717) is 6.04 Å². The fourth-order valence-electron chi connectivity index (χ4n) is 1.87. The minimum absolute atomic E-state index is 0.141. The van der Waals surface area contributed by atoms with Crippen molar-refractivity contribution in [1.29, 1.82) is 0 Å². The Hall–Kier alpha value is -0.120. The first kappa shape index (κ1) is 9.96. The van der Waals surface area contributed by atoms with Crippen LogP contribution in [0.2, 0.25) is 0 Å². The summed E-state index contributed by atoms with van der Waals surface area (Å²) in [5.41, 5.74) is 0. The second-order valence-corrected chi connectivity index (χ2v) is 3.49. The predicted molar refractivity (Wildman–Crippen MR) is 47.9 cm³/mol. The molecule has 0 aromatic carbocycles. The van der Waals surface area contributed by atoms with E-state index in [1.807, 2.05) is 13.8 Å². The number of hydrogen-bond donors (Lipinski definition) is 1. The summed E-state index contributed by atoms with van der Waals surface area (Å²) in [7, 11) is 0. The molecular weight excluding hydrogens is 154 g/mol. The fraction of sp³-hybridized carbons (Fsp3) is 1.00.